The van der Waals surface area contributed by atoms with Crippen LogP contribution in [-0.4, -0.2) is 53.8 Å². The van der Waals surface area contributed by atoms with Crippen molar-refractivity contribution >= 4 is 11.8 Å². The highest BCUT2D eigenvalue weighted by molar-refractivity contribution is 5.82. The van der Waals surface area contributed by atoms with Gasteiger partial charge in [0.05, 0.1) is 12.5 Å². The van der Waals surface area contributed by atoms with E-state index in [9.17, 15) is 9.59 Å². The Morgan fingerprint density at radius 1 is 1.10 bits per heavy atom. The van der Waals surface area contributed by atoms with Crippen LogP contribution in [0.5, 0.6) is 0 Å². The molecule has 1 aliphatic rings. The number of amides is 2. The molecule has 0 aliphatic carbocycles. The van der Waals surface area contributed by atoms with Crippen LogP contribution in [0.3, 0.4) is 0 Å². The lowest BCUT2D eigenvalue weighted by atomic mass is 10.1. The molecule has 5 nitrogen and oxygen atoms in total. The lowest BCUT2D eigenvalue weighted by Gasteiger charge is -2.35. The van der Waals surface area contributed by atoms with Crippen molar-refractivity contribution in [3.63, 3.8) is 0 Å². The van der Waals surface area contributed by atoms with Crippen LogP contribution in [-0.2, 0) is 16.0 Å². The second-order valence-electron chi connectivity index (χ2n) is 5.66. The first kappa shape index (κ1) is 15.5. The van der Waals surface area contributed by atoms with Gasteiger partial charge in [0, 0.05) is 26.2 Å². The van der Waals surface area contributed by atoms with Gasteiger partial charge in [0.15, 0.2) is 0 Å². The Labute approximate surface area is 125 Å². The minimum absolute atomic E-state index is 0.0411. The molecule has 2 N–H and O–H groups in total. The third kappa shape index (κ3) is 4.04. The molecule has 0 bridgehead atoms. The summed E-state index contributed by atoms with van der Waals surface area (Å²) in [4.78, 5) is 27.6. The Morgan fingerprint density at radius 3 is 2.14 bits per heavy atom. The molecule has 5 heteroatoms. The lowest BCUT2D eigenvalue weighted by molar-refractivity contribution is -0.139. The Hall–Kier alpha value is -1.88. The van der Waals surface area contributed by atoms with Crippen LogP contribution in [0.4, 0.5) is 0 Å². The van der Waals surface area contributed by atoms with Gasteiger partial charge in [-0.2, -0.15) is 0 Å². The predicted molar refractivity (Wildman–Crippen MR) is 81.7 cm³/mol. The van der Waals surface area contributed by atoms with Gasteiger partial charge < -0.3 is 15.5 Å². The molecule has 0 saturated carbocycles. The van der Waals surface area contributed by atoms with E-state index in [-0.39, 0.29) is 11.8 Å². The van der Waals surface area contributed by atoms with E-state index in [0.29, 0.717) is 32.6 Å². The van der Waals surface area contributed by atoms with Crippen LogP contribution in [0.15, 0.2) is 24.3 Å². The first-order chi connectivity index (χ1) is 9.97. The molecular formula is C16H23N3O2. The number of carbonyl (C=O) groups is 2. The molecular weight excluding hydrogens is 266 g/mol. The molecule has 0 radical (unpaired) electrons. The average Bonchev–Trinajstić information content (AvgIpc) is 2.49. The van der Waals surface area contributed by atoms with E-state index >= 15 is 0 Å². The number of piperazine rings is 1. The van der Waals surface area contributed by atoms with Crippen molar-refractivity contribution in [1.29, 1.82) is 0 Å². The number of hydrogen-bond acceptors (Lipinski definition) is 3. The van der Waals surface area contributed by atoms with E-state index < -0.39 is 6.04 Å². The van der Waals surface area contributed by atoms with Crippen molar-refractivity contribution in [3.8, 4) is 0 Å². The highest BCUT2D eigenvalue weighted by Crippen LogP contribution is 2.09. The zero-order valence-electron chi connectivity index (χ0n) is 12.7. The Morgan fingerprint density at radius 2 is 1.62 bits per heavy atom. The molecule has 114 valence electrons. The van der Waals surface area contributed by atoms with Gasteiger partial charge in [-0.15, -0.1) is 0 Å². The smallest absolute Gasteiger partial charge is 0.239 e. The standard InChI is InChI=1S/C16H23N3O2/c1-12-3-5-14(6-4-12)11-15(20)18-7-9-19(10-8-18)16(21)13(2)17/h3-6,13H,7-11,17H2,1-2H3/t13-/m0/s1. The van der Waals surface area contributed by atoms with Crippen molar-refractivity contribution in [1.82, 2.24) is 9.80 Å². The van der Waals surface area contributed by atoms with Gasteiger partial charge in [0.2, 0.25) is 11.8 Å². The second-order valence-corrected chi connectivity index (χ2v) is 5.66. The maximum absolute atomic E-state index is 12.3. The van der Waals surface area contributed by atoms with Crippen LogP contribution in [0, 0.1) is 6.92 Å². The molecule has 1 atom stereocenters. The van der Waals surface area contributed by atoms with Crippen LogP contribution in [0.25, 0.3) is 0 Å². The molecule has 2 amide bonds. The van der Waals surface area contributed by atoms with E-state index in [0.717, 1.165) is 5.56 Å². The summed E-state index contributed by atoms with van der Waals surface area (Å²) in [6.45, 7) is 6.03. The Balaban J connectivity index is 1.86. The van der Waals surface area contributed by atoms with Crippen LogP contribution >= 0.6 is 0 Å². The fourth-order valence-electron chi connectivity index (χ4n) is 2.46. The minimum Gasteiger partial charge on any atom is -0.339 e. The molecule has 2 rings (SSSR count). The number of nitrogens with two attached hydrogens (primary N) is 1. The van der Waals surface area contributed by atoms with Gasteiger partial charge >= 0.3 is 0 Å². The quantitative estimate of drug-likeness (QED) is 0.884. The third-order valence-electron chi connectivity index (χ3n) is 3.81. The molecule has 1 aromatic rings. The number of rotatable bonds is 3. The van der Waals surface area contributed by atoms with E-state index in [1.165, 1.54) is 5.56 Å². The van der Waals surface area contributed by atoms with Crippen molar-refractivity contribution in [2.24, 2.45) is 5.73 Å². The van der Waals surface area contributed by atoms with Gasteiger partial charge in [-0.3, -0.25) is 9.59 Å². The summed E-state index contributed by atoms with van der Waals surface area (Å²) in [5, 5.41) is 0. The van der Waals surface area contributed by atoms with E-state index in [4.69, 9.17) is 5.73 Å². The molecule has 1 aromatic carbocycles. The summed E-state index contributed by atoms with van der Waals surface area (Å²) in [7, 11) is 0. The lowest BCUT2D eigenvalue weighted by Crippen LogP contribution is -2.54. The van der Waals surface area contributed by atoms with Crippen molar-refractivity contribution < 1.29 is 9.59 Å². The van der Waals surface area contributed by atoms with Crippen molar-refractivity contribution in [2.75, 3.05) is 26.2 Å². The van der Waals surface area contributed by atoms with Crippen molar-refractivity contribution in [3.05, 3.63) is 35.4 Å². The fraction of sp³-hybridized carbons (Fsp3) is 0.500. The Kier molecular flexibility index (Phi) is 4.96. The summed E-state index contributed by atoms with van der Waals surface area (Å²) >= 11 is 0. The second kappa shape index (κ2) is 6.72. The minimum atomic E-state index is -0.472. The van der Waals surface area contributed by atoms with Crippen LogP contribution in [0.1, 0.15) is 18.1 Å². The fourth-order valence-corrected chi connectivity index (χ4v) is 2.46. The van der Waals surface area contributed by atoms with Crippen LogP contribution in [0.2, 0.25) is 0 Å². The third-order valence-corrected chi connectivity index (χ3v) is 3.81. The van der Waals surface area contributed by atoms with E-state index in [2.05, 4.69) is 0 Å². The number of benzene rings is 1. The normalized spacial score (nSPS) is 16.7. The highest BCUT2D eigenvalue weighted by Gasteiger charge is 2.25. The number of nitrogens with zero attached hydrogens (tertiary/aromatic N) is 2. The molecule has 0 spiro atoms. The molecule has 21 heavy (non-hydrogen) atoms. The van der Waals surface area contributed by atoms with Gasteiger partial charge in [-0.1, -0.05) is 29.8 Å². The monoisotopic (exact) mass is 289 g/mol. The number of carbonyl (C=O) groups excluding carboxylic acids is 2. The number of hydrogen-bond donors (Lipinski definition) is 1. The maximum atomic E-state index is 12.3. The molecule has 1 aliphatic heterocycles. The van der Waals surface area contributed by atoms with Crippen molar-refractivity contribution in [2.45, 2.75) is 26.3 Å². The maximum Gasteiger partial charge on any atom is 0.239 e. The first-order valence-electron chi connectivity index (χ1n) is 7.35. The molecule has 1 fully saturated rings. The van der Waals surface area contributed by atoms with E-state index in [1.54, 1.807) is 11.8 Å². The van der Waals surface area contributed by atoms with E-state index in [1.807, 2.05) is 36.1 Å². The molecule has 1 saturated heterocycles. The largest absolute Gasteiger partial charge is 0.339 e. The van der Waals surface area contributed by atoms with Gasteiger partial charge in [0.25, 0.3) is 0 Å². The SMILES string of the molecule is Cc1ccc(CC(=O)N2CCN(C(=O)[C@H](C)N)CC2)cc1. The first-order valence-corrected chi connectivity index (χ1v) is 7.35. The van der Waals surface area contributed by atoms with Gasteiger partial charge in [-0.25, -0.2) is 0 Å². The summed E-state index contributed by atoms with van der Waals surface area (Å²) in [5.41, 5.74) is 7.82. The van der Waals surface area contributed by atoms with Crippen LogP contribution < -0.4 is 5.73 Å². The summed E-state index contributed by atoms with van der Waals surface area (Å²) in [6, 6.07) is 7.54. The summed E-state index contributed by atoms with van der Waals surface area (Å²) < 4.78 is 0. The summed E-state index contributed by atoms with van der Waals surface area (Å²) in [6.07, 6.45) is 0.418. The molecule has 0 unspecified atom stereocenters. The van der Waals surface area contributed by atoms with Gasteiger partial charge in [0.1, 0.15) is 0 Å². The molecule has 0 aromatic heterocycles. The predicted octanol–water partition coefficient (Wildman–Crippen LogP) is 0.556. The summed E-state index contributed by atoms with van der Waals surface area (Å²) in [5.74, 6) is 0.0763. The average molecular weight is 289 g/mol. The topological polar surface area (TPSA) is 66.6 Å². The number of aryl methyl sites for hydroxylation is 1. The Bertz CT molecular complexity index is 503. The highest BCUT2D eigenvalue weighted by atomic mass is 16.2. The zero-order chi connectivity index (χ0) is 15.4. The van der Waals surface area contributed by atoms with Gasteiger partial charge in [-0.05, 0) is 19.4 Å². The molecule has 1 heterocycles. The zero-order valence-corrected chi connectivity index (χ0v) is 12.7.